The number of fused-ring (bicyclic) bond motifs is 1. The third kappa shape index (κ3) is 3.13. The van der Waals surface area contributed by atoms with E-state index >= 15 is 0 Å². The number of benzene rings is 1. The van der Waals surface area contributed by atoms with Crippen LogP contribution >= 0.6 is 11.3 Å². The van der Waals surface area contributed by atoms with Crippen LogP contribution in [-0.4, -0.2) is 67.1 Å². The molecule has 2 N–H and O–H groups in total. The molecule has 2 fully saturated rings. The number of urea groups is 1. The lowest BCUT2D eigenvalue weighted by Gasteiger charge is -2.36. The fourth-order valence-electron chi connectivity index (χ4n) is 3.97. The van der Waals surface area contributed by atoms with E-state index in [1.54, 1.807) is 19.1 Å². The molecule has 1 atom stereocenters. The first-order chi connectivity index (χ1) is 13.5. The summed E-state index contributed by atoms with van der Waals surface area (Å²) in [4.78, 5) is 35.0. The van der Waals surface area contributed by atoms with Gasteiger partial charge < -0.3 is 25.2 Å². The molecule has 1 aromatic carbocycles. The Bertz CT molecular complexity index is 908. The zero-order chi connectivity index (χ0) is 19.8. The second-order valence-corrected chi connectivity index (χ2v) is 8.29. The van der Waals surface area contributed by atoms with Gasteiger partial charge in [0.25, 0.3) is 5.91 Å². The molecular formula is C19H25N5O3S. The summed E-state index contributed by atoms with van der Waals surface area (Å²) in [6.07, 6.45) is 3.58. The average Bonchev–Trinajstić information content (AvgIpc) is 3.14. The molecule has 3 heterocycles. The lowest BCUT2D eigenvalue weighted by Crippen LogP contribution is -2.54. The van der Waals surface area contributed by atoms with Crippen molar-refractivity contribution >= 4 is 39.2 Å². The molecule has 4 rings (SSSR count). The van der Waals surface area contributed by atoms with Crippen LogP contribution in [0.3, 0.4) is 0 Å². The second kappa shape index (κ2) is 7.46. The quantitative estimate of drug-likeness (QED) is 0.848. The van der Waals surface area contributed by atoms with Crippen molar-refractivity contribution in [3.05, 3.63) is 17.1 Å². The molecule has 0 spiro atoms. The van der Waals surface area contributed by atoms with Gasteiger partial charge in [-0.2, -0.15) is 0 Å². The second-order valence-electron chi connectivity index (χ2n) is 7.26. The summed E-state index contributed by atoms with van der Waals surface area (Å²) in [6.45, 7) is 2.88. The van der Waals surface area contributed by atoms with Crippen molar-refractivity contribution in [2.24, 2.45) is 5.73 Å². The maximum absolute atomic E-state index is 12.9. The number of hydrogen-bond donors (Lipinski definition) is 1. The minimum atomic E-state index is -0.785. The molecule has 150 valence electrons. The first-order valence-electron chi connectivity index (χ1n) is 9.54. The molecule has 0 saturated carbocycles. The summed E-state index contributed by atoms with van der Waals surface area (Å²) in [6, 6.07) is 2.60. The Morgan fingerprint density at radius 1 is 1.21 bits per heavy atom. The minimum Gasteiger partial charge on any atom is -0.494 e. The van der Waals surface area contributed by atoms with E-state index < -0.39 is 12.1 Å². The summed E-state index contributed by atoms with van der Waals surface area (Å²) in [5.41, 5.74) is 7.40. The highest BCUT2D eigenvalue weighted by Gasteiger charge is 2.39. The van der Waals surface area contributed by atoms with E-state index in [9.17, 15) is 9.59 Å². The highest BCUT2D eigenvalue weighted by Crippen LogP contribution is 2.41. The van der Waals surface area contributed by atoms with Crippen molar-refractivity contribution in [3.63, 3.8) is 0 Å². The van der Waals surface area contributed by atoms with Gasteiger partial charge in [0, 0.05) is 33.2 Å². The Hall–Kier alpha value is -2.55. The molecule has 2 aliphatic rings. The van der Waals surface area contributed by atoms with E-state index in [2.05, 4.69) is 11.0 Å². The standard InChI is InChI=1S/C19H25N5O3S/c1-22-10-11-24(19(20)26)15(18(22)25)17-21-14-13(27-2)7-6-12(16(14)28-17)23-8-4-3-5-9-23/h6-7,15H,3-5,8-11H2,1-2H3,(H2,20,26). The number of piperazine rings is 1. The Kier molecular flexibility index (Phi) is 5.01. The largest absolute Gasteiger partial charge is 0.494 e. The van der Waals surface area contributed by atoms with Crippen LogP contribution in [0.4, 0.5) is 10.5 Å². The van der Waals surface area contributed by atoms with Gasteiger partial charge in [0.05, 0.1) is 17.5 Å². The number of amides is 3. The van der Waals surface area contributed by atoms with Gasteiger partial charge in [0.15, 0.2) is 6.04 Å². The number of hydrogen-bond acceptors (Lipinski definition) is 6. The predicted octanol–water partition coefficient (Wildman–Crippen LogP) is 2.19. The molecule has 0 aliphatic carbocycles. The Morgan fingerprint density at radius 3 is 2.64 bits per heavy atom. The SMILES string of the molecule is COc1ccc(N2CCCCC2)c2sc(C3C(=O)N(C)CCN3C(N)=O)nc12. The van der Waals surface area contributed by atoms with Gasteiger partial charge in [-0.15, -0.1) is 11.3 Å². The topological polar surface area (TPSA) is 92.0 Å². The molecule has 8 nitrogen and oxygen atoms in total. The van der Waals surface area contributed by atoms with Crippen LogP contribution in [0.1, 0.15) is 30.3 Å². The maximum atomic E-state index is 12.9. The molecule has 9 heteroatoms. The van der Waals surface area contributed by atoms with E-state index in [1.165, 1.54) is 35.5 Å². The van der Waals surface area contributed by atoms with E-state index in [0.29, 0.717) is 23.8 Å². The minimum absolute atomic E-state index is 0.164. The monoisotopic (exact) mass is 403 g/mol. The Morgan fingerprint density at radius 2 is 1.96 bits per heavy atom. The average molecular weight is 404 g/mol. The molecule has 2 aromatic rings. The number of carbonyl (C=O) groups excluding carboxylic acids is 2. The summed E-state index contributed by atoms with van der Waals surface area (Å²) in [5, 5.41) is 0.577. The van der Waals surface area contributed by atoms with Crippen molar-refractivity contribution in [1.29, 1.82) is 0 Å². The first kappa shape index (κ1) is 18.8. The lowest BCUT2D eigenvalue weighted by molar-refractivity contribution is -0.138. The number of methoxy groups -OCH3 is 1. The number of rotatable bonds is 3. The number of nitrogens with zero attached hydrogens (tertiary/aromatic N) is 4. The number of piperidine rings is 1. The van der Waals surface area contributed by atoms with Crippen LogP contribution in [0, 0.1) is 0 Å². The van der Waals surface area contributed by atoms with Gasteiger partial charge in [0.1, 0.15) is 16.3 Å². The molecule has 28 heavy (non-hydrogen) atoms. The molecule has 1 aromatic heterocycles. The van der Waals surface area contributed by atoms with Crippen LogP contribution in [-0.2, 0) is 4.79 Å². The smallest absolute Gasteiger partial charge is 0.315 e. The normalized spacial score (nSPS) is 20.7. The lowest BCUT2D eigenvalue weighted by atomic mass is 10.1. The number of carbonyl (C=O) groups is 2. The van der Waals surface area contributed by atoms with E-state index in [-0.39, 0.29) is 5.91 Å². The number of anilines is 1. The molecule has 1 unspecified atom stereocenters. The zero-order valence-corrected chi connectivity index (χ0v) is 17.0. The molecule has 0 bridgehead atoms. The van der Waals surface area contributed by atoms with Crippen LogP contribution in [0.2, 0.25) is 0 Å². The number of ether oxygens (including phenoxy) is 1. The zero-order valence-electron chi connectivity index (χ0n) is 16.2. The molecule has 2 saturated heterocycles. The first-order valence-corrected chi connectivity index (χ1v) is 10.4. The fraction of sp³-hybridized carbons (Fsp3) is 0.526. The van der Waals surface area contributed by atoms with Crippen molar-refractivity contribution in [1.82, 2.24) is 14.8 Å². The summed E-state index contributed by atoms with van der Waals surface area (Å²) < 4.78 is 6.51. The van der Waals surface area contributed by atoms with Gasteiger partial charge in [-0.25, -0.2) is 9.78 Å². The number of thiazole rings is 1. The predicted molar refractivity (Wildman–Crippen MR) is 109 cm³/mol. The van der Waals surface area contributed by atoms with Gasteiger partial charge in [0.2, 0.25) is 0 Å². The third-order valence-electron chi connectivity index (χ3n) is 5.53. The van der Waals surface area contributed by atoms with E-state index in [0.717, 1.165) is 29.0 Å². The van der Waals surface area contributed by atoms with Gasteiger partial charge in [-0.05, 0) is 31.4 Å². The van der Waals surface area contributed by atoms with E-state index in [1.807, 2.05) is 6.07 Å². The maximum Gasteiger partial charge on any atom is 0.315 e. The number of primary amides is 1. The number of nitrogens with two attached hydrogens (primary N) is 1. The van der Waals surface area contributed by atoms with Crippen molar-refractivity contribution < 1.29 is 14.3 Å². The van der Waals surface area contributed by atoms with Crippen LogP contribution in [0.15, 0.2) is 12.1 Å². The third-order valence-corrected chi connectivity index (χ3v) is 6.66. The van der Waals surface area contributed by atoms with Crippen molar-refractivity contribution in [2.45, 2.75) is 25.3 Å². The molecule has 0 radical (unpaired) electrons. The van der Waals surface area contributed by atoms with Crippen LogP contribution in [0.25, 0.3) is 10.2 Å². The van der Waals surface area contributed by atoms with Gasteiger partial charge in [-0.3, -0.25) is 4.79 Å². The van der Waals surface area contributed by atoms with Crippen molar-refractivity contribution in [2.75, 3.05) is 45.2 Å². The summed E-state index contributed by atoms with van der Waals surface area (Å²) >= 11 is 1.45. The van der Waals surface area contributed by atoms with Crippen LogP contribution in [0.5, 0.6) is 5.75 Å². The Balaban J connectivity index is 1.83. The van der Waals surface area contributed by atoms with Gasteiger partial charge in [-0.1, -0.05) is 0 Å². The summed E-state index contributed by atoms with van der Waals surface area (Å²) in [5.74, 6) is 0.503. The van der Waals surface area contributed by atoms with Crippen LogP contribution < -0.4 is 15.4 Å². The van der Waals surface area contributed by atoms with E-state index in [4.69, 9.17) is 15.5 Å². The van der Waals surface area contributed by atoms with Crippen molar-refractivity contribution in [3.8, 4) is 5.75 Å². The number of likely N-dealkylation sites (N-methyl/N-ethyl adjacent to an activating group) is 1. The molecule has 3 amide bonds. The Labute approximate surface area is 167 Å². The fourth-order valence-corrected chi connectivity index (χ4v) is 5.20. The molecule has 2 aliphatic heterocycles. The molecular weight excluding hydrogens is 378 g/mol. The highest BCUT2D eigenvalue weighted by molar-refractivity contribution is 7.19. The summed E-state index contributed by atoms with van der Waals surface area (Å²) in [7, 11) is 3.35. The number of aromatic nitrogens is 1. The van der Waals surface area contributed by atoms with Gasteiger partial charge >= 0.3 is 6.03 Å². The highest BCUT2D eigenvalue weighted by atomic mass is 32.1.